The zero-order valence-corrected chi connectivity index (χ0v) is 50.5. The molecule has 73 heavy (non-hydrogen) atoms. The van der Waals surface area contributed by atoms with Gasteiger partial charge in [-0.05, 0) is 139 Å². The van der Waals surface area contributed by atoms with Crippen molar-refractivity contribution in [1.29, 1.82) is 0 Å². The Bertz CT molecular complexity index is 2610. The van der Waals surface area contributed by atoms with Gasteiger partial charge in [-0.1, -0.05) is 104 Å². The molecule has 5 aromatic rings. The highest BCUT2D eigenvalue weighted by Gasteiger charge is 2.42. The Balaban J connectivity index is 1.25. The van der Waals surface area contributed by atoms with Gasteiger partial charge in [-0.15, -0.1) is 74.4 Å². The fraction of sp³-hybridized carbons (Fsp3) is 0.574. The molecule has 396 valence electrons. The first-order chi connectivity index (χ1) is 35.6. The lowest BCUT2D eigenvalue weighted by atomic mass is 9.93. The molecule has 1 aliphatic rings. The van der Waals surface area contributed by atoms with E-state index in [1.54, 1.807) is 27.6 Å². The molecule has 0 N–H and O–H groups in total. The van der Waals surface area contributed by atoms with Crippen LogP contribution in [0.5, 0.6) is 0 Å². The van der Waals surface area contributed by atoms with Crippen LogP contribution in [0.2, 0.25) is 0 Å². The van der Waals surface area contributed by atoms with Crippen molar-refractivity contribution in [3.63, 3.8) is 0 Å². The third-order valence-electron chi connectivity index (χ3n) is 13.7. The molecule has 0 spiro atoms. The average molecular weight is 1100 g/mol. The van der Waals surface area contributed by atoms with Crippen molar-refractivity contribution in [2.75, 3.05) is 26.4 Å². The number of unbranched alkanes of at least 4 members (excludes halogenated alkanes) is 14. The maximum absolute atomic E-state index is 14.6. The minimum Gasteiger partial charge on any atom is -0.364 e. The number of aryl methyl sites for hydroxylation is 4. The molecular formula is C61H83NO5S5Si. The van der Waals surface area contributed by atoms with E-state index in [1.807, 2.05) is 68.6 Å². The summed E-state index contributed by atoms with van der Waals surface area (Å²) in [6.45, 7) is 18.6. The summed E-state index contributed by atoms with van der Waals surface area (Å²) in [7, 11) is -3.04. The van der Waals surface area contributed by atoms with Crippen molar-refractivity contribution >= 4 is 77.3 Å². The smallest absolute Gasteiger partial charge is 0.364 e. The number of nitrogens with zero attached hydrogens (tertiary/aromatic N) is 1. The van der Waals surface area contributed by atoms with Gasteiger partial charge in [0.2, 0.25) is 0 Å². The van der Waals surface area contributed by atoms with Crippen LogP contribution in [-0.4, -0.2) is 51.9 Å². The lowest BCUT2D eigenvalue weighted by molar-refractivity contribution is 0.0621. The van der Waals surface area contributed by atoms with E-state index in [2.05, 4.69) is 80.5 Å². The monoisotopic (exact) mass is 1100 g/mol. The summed E-state index contributed by atoms with van der Waals surface area (Å²) in [5.41, 5.74) is 7.29. The number of rotatable bonds is 34. The van der Waals surface area contributed by atoms with Crippen molar-refractivity contribution in [1.82, 2.24) is 4.90 Å². The maximum atomic E-state index is 14.6. The minimum atomic E-state index is -3.04. The van der Waals surface area contributed by atoms with E-state index < -0.39 is 8.80 Å². The molecule has 12 heteroatoms. The van der Waals surface area contributed by atoms with Gasteiger partial charge in [0.25, 0.3) is 11.8 Å². The van der Waals surface area contributed by atoms with Crippen LogP contribution in [0.1, 0.15) is 212 Å². The largest absolute Gasteiger partial charge is 0.591 e. The molecule has 2 amide bonds. The number of thiophene rings is 5. The first-order valence-electron chi connectivity index (χ1n) is 27.8. The number of carbonyl (C=O) groups is 2. The fourth-order valence-electron chi connectivity index (χ4n) is 9.92. The summed E-state index contributed by atoms with van der Waals surface area (Å²) in [6, 6.07) is 13.7. The highest BCUT2D eigenvalue weighted by atomic mass is 32.1. The lowest BCUT2D eigenvalue weighted by Gasteiger charge is -2.23. The van der Waals surface area contributed by atoms with Gasteiger partial charge in [-0.2, -0.15) is 0 Å². The molecule has 0 saturated heterocycles. The van der Waals surface area contributed by atoms with Crippen LogP contribution in [0.25, 0.3) is 39.0 Å². The molecule has 1 atom stereocenters. The molecule has 0 aromatic carbocycles. The topological polar surface area (TPSA) is 65.1 Å². The van der Waals surface area contributed by atoms with E-state index >= 15 is 0 Å². The van der Waals surface area contributed by atoms with Gasteiger partial charge in [0.1, 0.15) is 0 Å². The van der Waals surface area contributed by atoms with E-state index in [4.69, 9.17) is 13.3 Å². The van der Waals surface area contributed by atoms with E-state index in [1.165, 1.54) is 135 Å². The molecule has 1 aliphatic heterocycles. The van der Waals surface area contributed by atoms with Crippen LogP contribution >= 0.6 is 56.7 Å². The molecule has 0 bridgehead atoms. The second-order valence-electron chi connectivity index (χ2n) is 19.4. The first-order valence-corrected chi connectivity index (χ1v) is 33.6. The van der Waals surface area contributed by atoms with Crippen molar-refractivity contribution in [3.8, 4) is 62.3 Å². The number of hydrogen-bond acceptors (Lipinski definition) is 10. The van der Waals surface area contributed by atoms with Crippen molar-refractivity contribution in [2.24, 2.45) is 5.92 Å². The standard InChI is InChI=1S/C61H83NO5S5Si/c1-9-15-18-21-23-24-26-29-34-47(33-28-25-22-19-16-10-2)44-62-60(63)55-46(8)69-59(56(55)61(62)64)52-40-39-51(70-52)54-43-48(35-30-20-17-11-3)58(72-54)57-49(42-53(71-57)50-38-37-45(7)68-50)36-31-27-32-41-73(65-12-4,66-13-5)67-14-6/h37-40,42-43,47H,9-10,12-16,18-31,33-36,44H2,1-8H3. The van der Waals surface area contributed by atoms with Crippen molar-refractivity contribution in [3.05, 3.63) is 68.4 Å². The van der Waals surface area contributed by atoms with Crippen molar-refractivity contribution < 1.29 is 22.9 Å². The predicted octanol–water partition coefficient (Wildman–Crippen LogP) is 19.0. The Morgan fingerprint density at radius 2 is 1.03 bits per heavy atom. The molecule has 6 rings (SSSR count). The maximum Gasteiger partial charge on any atom is 0.591 e. The van der Waals surface area contributed by atoms with Crippen LogP contribution in [0.15, 0.2) is 36.4 Å². The summed E-state index contributed by atoms with van der Waals surface area (Å²) >= 11 is 9.00. The van der Waals surface area contributed by atoms with Gasteiger partial charge < -0.3 is 13.3 Å². The lowest BCUT2D eigenvalue weighted by Crippen LogP contribution is -2.45. The van der Waals surface area contributed by atoms with Gasteiger partial charge in [0, 0.05) is 83.1 Å². The second-order valence-corrected chi connectivity index (χ2v) is 27.4. The van der Waals surface area contributed by atoms with Crippen LogP contribution in [0.3, 0.4) is 0 Å². The van der Waals surface area contributed by atoms with Crippen LogP contribution in [0, 0.1) is 43.1 Å². The van der Waals surface area contributed by atoms with Crippen molar-refractivity contribution in [2.45, 2.75) is 197 Å². The average Bonchev–Trinajstić information content (AvgIpc) is 4.25. The summed E-state index contributed by atoms with van der Waals surface area (Å²) < 4.78 is 18.0. The number of fused-ring (bicyclic) bond motifs is 1. The van der Waals surface area contributed by atoms with Crippen LogP contribution in [0.4, 0.5) is 0 Å². The molecule has 5 aromatic heterocycles. The minimum absolute atomic E-state index is 0.0895. The quantitative estimate of drug-likeness (QED) is 0.0178. The number of carbonyl (C=O) groups excluding carboxylic acids is 2. The predicted molar refractivity (Wildman–Crippen MR) is 319 cm³/mol. The fourth-order valence-corrected chi connectivity index (χ4v) is 17.8. The summed E-state index contributed by atoms with van der Waals surface area (Å²) in [4.78, 5) is 42.5. The zero-order chi connectivity index (χ0) is 52.0. The molecule has 0 radical (unpaired) electrons. The summed E-state index contributed by atoms with van der Waals surface area (Å²) in [5, 5.41) is 0. The SMILES string of the molecule is CC#CCCCc1cc(-c2ccc(-c3sc(C)c4c3C(=O)N(CC(CCCCCCCC)CCCCCCCCCC)C4=O)s2)sc1-c1sc(-c2ccc(C)s2)cc1CCCC#C[Si](OCC)(OCC)OCC. The third-order valence-corrected chi connectivity index (χ3v) is 22.4. The van der Waals surface area contributed by atoms with Gasteiger partial charge >= 0.3 is 8.80 Å². The summed E-state index contributed by atoms with van der Waals surface area (Å²) in [6.07, 6.45) is 25.3. The van der Waals surface area contributed by atoms with Gasteiger partial charge in [-0.25, -0.2) is 0 Å². The Labute approximate surface area is 461 Å². The Hall–Kier alpha value is -3.14. The van der Waals surface area contributed by atoms with E-state index in [9.17, 15) is 9.59 Å². The van der Waals surface area contributed by atoms with E-state index in [0.29, 0.717) is 43.4 Å². The number of hydrogen-bond donors (Lipinski definition) is 0. The van der Waals surface area contributed by atoms with Crippen LogP contribution < -0.4 is 0 Å². The van der Waals surface area contributed by atoms with Crippen LogP contribution in [-0.2, 0) is 26.1 Å². The number of amides is 2. The molecule has 6 nitrogen and oxygen atoms in total. The molecule has 0 saturated carbocycles. The Morgan fingerprint density at radius 3 is 1.55 bits per heavy atom. The zero-order valence-electron chi connectivity index (χ0n) is 45.5. The molecular weight excluding hydrogens is 1020 g/mol. The van der Waals surface area contributed by atoms with Gasteiger partial charge in [0.05, 0.1) is 16.0 Å². The van der Waals surface area contributed by atoms with Gasteiger partial charge in [0.15, 0.2) is 0 Å². The summed E-state index contributed by atoms with van der Waals surface area (Å²) in [5.74, 6) is 9.95. The molecule has 0 aliphatic carbocycles. The Kier molecular flexibility index (Phi) is 25.2. The van der Waals surface area contributed by atoms with E-state index in [-0.39, 0.29) is 11.8 Å². The highest BCUT2D eigenvalue weighted by molar-refractivity contribution is 7.30. The van der Waals surface area contributed by atoms with E-state index in [0.717, 1.165) is 66.0 Å². The number of imide groups is 1. The normalized spacial score (nSPS) is 12.9. The highest BCUT2D eigenvalue weighted by Crippen LogP contribution is 2.50. The molecule has 0 fully saturated rings. The third kappa shape index (κ3) is 16.7. The second kappa shape index (κ2) is 31.2. The Morgan fingerprint density at radius 1 is 0.534 bits per heavy atom. The first kappa shape index (κ1) is 59.1. The molecule has 6 heterocycles. The molecule has 1 unspecified atom stereocenters. The van der Waals surface area contributed by atoms with Gasteiger partial charge in [-0.3, -0.25) is 14.5 Å².